The van der Waals surface area contributed by atoms with Gasteiger partial charge in [-0.05, 0) is 140 Å². The molecular weight excluding hydrogens is 529 g/mol. The minimum atomic E-state index is -0.875. The minimum Gasteiger partial charge on any atom is -0.207 e. The quantitative estimate of drug-likeness (QED) is 0.249. The van der Waals surface area contributed by atoms with E-state index >= 15 is 8.78 Å². The topological polar surface area (TPSA) is 23.8 Å². The average Bonchev–Trinajstić information content (AvgIpc) is 2.95. The smallest absolute Gasteiger partial charge is 0.144 e. The van der Waals surface area contributed by atoms with Crippen LogP contribution in [0.2, 0.25) is 0 Å². The normalized spacial score (nSPS) is 20.5. The predicted molar refractivity (Wildman–Crippen MR) is 150 cm³/mol. The highest BCUT2D eigenvalue weighted by molar-refractivity contribution is 5.40. The molecule has 0 bridgehead atoms. The second-order valence-corrected chi connectivity index (χ2v) is 11.9. The molecule has 6 heteroatoms. The lowest BCUT2D eigenvalue weighted by molar-refractivity contribution is 0.368. The molecule has 5 rings (SSSR count). The van der Waals surface area contributed by atoms with Crippen LogP contribution in [0.4, 0.5) is 22.0 Å². The average molecular weight is 566 g/mol. The highest BCUT2D eigenvalue weighted by Crippen LogP contribution is 2.44. The molecule has 2 aliphatic carbocycles. The van der Waals surface area contributed by atoms with Crippen molar-refractivity contribution in [3.05, 3.63) is 104 Å². The fraction of sp³-hybridized carbons (Fsp3) is 0.457. The third-order valence-electron chi connectivity index (χ3n) is 9.30. The number of unbranched alkanes of at least 4 members (excludes halogenated alkanes) is 1. The van der Waals surface area contributed by atoms with Gasteiger partial charge in [-0.25, -0.2) is 22.0 Å². The highest BCUT2D eigenvalue weighted by Gasteiger charge is 2.32. The summed E-state index contributed by atoms with van der Waals surface area (Å²) in [5.41, 5.74) is 3.07. The largest absolute Gasteiger partial charge is 0.207 e. The molecule has 0 amide bonds. The summed E-state index contributed by atoms with van der Waals surface area (Å²) in [5, 5.41) is 8.91. The second kappa shape index (κ2) is 12.8. The van der Waals surface area contributed by atoms with Crippen LogP contribution in [-0.4, -0.2) is 0 Å². The van der Waals surface area contributed by atoms with Crippen LogP contribution in [0.5, 0.6) is 0 Å². The third-order valence-corrected chi connectivity index (χ3v) is 9.30. The fourth-order valence-corrected chi connectivity index (χ4v) is 6.90. The molecule has 1 fully saturated rings. The van der Waals surface area contributed by atoms with Crippen molar-refractivity contribution in [1.82, 2.24) is 0 Å². The van der Waals surface area contributed by atoms with Crippen LogP contribution in [-0.2, 0) is 25.7 Å². The number of nitriles is 1. The molecule has 3 aromatic carbocycles. The van der Waals surface area contributed by atoms with Gasteiger partial charge in [-0.3, -0.25) is 0 Å². The monoisotopic (exact) mass is 565 g/mol. The van der Waals surface area contributed by atoms with E-state index in [2.05, 4.69) is 6.92 Å². The Bertz CT molecular complexity index is 1420. The number of aryl methyl sites for hydroxylation is 2. The van der Waals surface area contributed by atoms with Crippen LogP contribution in [0.1, 0.15) is 109 Å². The van der Waals surface area contributed by atoms with Crippen LogP contribution >= 0.6 is 0 Å². The lowest BCUT2D eigenvalue weighted by Gasteiger charge is -2.32. The van der Waals surface area contributed by atoms with Crippen molar-refractivity contribution in [1.29, 1.82) is 5.26 Å². The molecule has 216 valence electrons. The third kappa shape index (κ3) is 6.35. The van der Waals surface area contributed by atoms with E-state index in [0.717, 1.165) is 37.7 Å². The van der Waals surface area contributed by atoms with E-state index in [9.17, 15) is 13.2 Å². The number of rotatable bonds is 8. The SMILES string of the molecule is CCCCc1ccc(CCC2CCc3c(cc(F)c(C4CCC(c5cc(F)c(C#N)c(F)c5)CC4)c3F)C2)c(F)c1. The Morgan fingerprint density at radius 2 is 1.51 bits per heavy atom. The van der Waals surface area contributed by atoms with Gasteiger partial charge < -0.3 is 0 Å². The Morgan fingerprint density at radius 3 is 2.17 bits per heavy atom. The fourth-order valence-electron chi connectivity index (χ4n) is 6.90. The van der Waals surface area contributed by atoms with E-state index < -0.39 is 28.8 Å². The number of hydrogen-bond acceptors (Lipinski definition) is 1. The lowest BCUT2D eigenvalue weighted by Crippen LogP contribution is -2.21. The maximum Gasteiger partial charge on any atom is 0.144 e. The van der Waals surface area contributed by atoms with Gasteiger partial charge in [0.15, 0.2) is 0 Å². The van der Waals surface area contributed by atoms with Gasteiger partial charge in [0.2, 0.25) is 0 Å². The van der Waals surface area contributed by atoms with Crippen LogP contribution in [0.3, 0.4) is 0 Å². The van der Waals surface area contributed by atoms with Crippen LogP contribution in [0, 0.1) is 46.3 Å². The summed E-state index contributed by atoms with van der Waals surface area (Å²) in [6.45, 7) is 2.12. The zero-order valence-corrected chi connectivity index (χ0v) is 23.5. The second-order valence-electron chi connectivity index (χ2n) is 11.9. The first kappa shape index (κ1) is 29.3. The van der Waals surface area contributed by atoms with Crippen LogP contribution < -0.4 is 0 Å². The molecule has 3 aromatic rings. The zero-order valence-electron chi connectivity index (χ0n) is 23.5. The summed E-state index contributed by atoms with van der Waals surface area (Å²) in [5.74, 6) is -3.04. The highest BCUT2D eigenvalue weighted by atomic mass is 19.1. The molecule has 1 nitrogen and oxygen atoms in total. The number of fused-ring (bicyclic) bond motifs is 1. The Labute approximate surface area is 239 Å². The number of benzene rings is 3. The summed E-state index contributed by atoms with van der Waals surface area (Å²) in [6.07, 6.45) is 8.44. The Hall–Kier alpha value is -3.20. The molecule has 0 aliphatic heterocycles. The maximum atomic E-state index is 15.7. The molecule has 2 aliphatic rings. The van der Waals surface area contributed by atoms with Gasteiger partial charge in [0.1, 0.15) is 40.7 Å². The first-order valence-corrected chi connectivity index (χ1v) is 14.9. The van der Waals surface area contributed by atoms with Gasteiger partial charge in [-0.1, -0.05) is 25.5 Å². The van der Waals surface area contributed by atoms with Gasteiger partial charge in [0, 0.05) is 5.56 Å². The van der Waals surface area contributed by atoms with Gasteiger partial charge in [0.05, 0.1) is 0 Å². The van der Waals surface area contributed by atoms with Crippen molar-refractivity contribution in [2.45, 2.75) is 95.8 Å². The van der Waals surface area contributed by atoms with Gasteiger partial charge >= 0.3 is 0 Å². The molecule has 1 saturated carbocycles. The van der Waals surface area contributed by atoms with Crippen LogP contribution in [0.25, 0.3) is 0 Å². The molecule has 0 aromatic heterocycles. The Morgan fingerprint density at radius 1 is 0.805 bits per heavy atom. The summed E-state index contributed by atoms with van der Waals surface area (Å²) in [4.78, 5) is 0. The first-order chi connectivity index (χ1) is 19.8. The summed E-state index contributed by atoms with van der Waals surface area (Å²) in [6, 6.07) is 11.0. The van der Waals surface area contributed by atoms with Crippen LogP contribution in [0.15, 0.2) is 36.4 Å². The summed E-state index contributed by atoms with van der Waals surface area (Å²) in [7, 11) is 0. The van der Waals surface area contributed by atoms with Gasteiger partial charge in [0.25, 0.3) is 0 Å². The lowest BCUT2D eigenvalue weighted by atomic mass is 9.74. The van der Waals surface area contributed by atoms with Crippen molar-refractivity contribution < 1.29 is 22.0 Å². The number of halogens is 5. The standard InChI is InChI=1S/C35H36F5N/c1-2-3-4-21-5-8-24(30(36)16-21)9-6-22-7-14-28-27(15-22)19-33(39)34(35(28)40)25-12-10-23(11-13-25)26-17-31(37)29(20-41)32(38)18-26/h5,8,16-19,22-23,25H,2-4,6-7,9-15H2,1H3. The molecule has 0 saturated heterocycles. The van der Waals surface area contributed by atoms with Crippen molar-refractivity contribution in [3.8, 4) is 6.07 Å². The molecule has 0 spiro atoms. The Balaban J connectivity index is 1.22. The van der Waals surface area contributed by atoms with E-state index in [4.69, 9.17) is 5.26 Å². The molecule has 0 radical (unpaired) electrons. The van der Waals surface area contributed by atoms with E-state index in [1.54, 1.807) is 6.07 Å². The first-order valence-electron chi connectivity index (χ1n) is 14.9. The van der Waals surface area contributed by atoms with Gasteiger partial charge in [-0.2, -0.15) is 5.26 Å². The Kier molecular flexibility index (Phi) is 9.12. The van der Waals surface area contributed by atoms with E-state index in [0.29, 0.717) is 67.2 Å². The maximum absolute atomic E-state index is 15.7. The number of hydrogen-bond donors (Lipinski definition) is 0. The van der Waals surface area contributed by atoms with Crippen molar-refractivity contribution in [3.63, 3.8) is 0 Å². The predicted octanol–water partition coefficient (Wildman–Crippen LogP) is 9.78. The van der Waals surface area contributed by atoms with Gasteiger partial charge in [-0.15, -0.1) is 0 Å². The number of nitrogens with zero attached hydrogens (tertiary/aromatic N) is 1. The van der Waals surface area contributed by atoms with Crippen molar-refractivity contribution in [2.24, 2.45) is 5.92 Å². The zero-order chi connectivity index (χ0) is 29.1. The molecule has 0 heterocycles. The van der Waals surface area contributed by atoms with Crippen molar-refractivity contribution in [2.75, 3.05) is 0 Å². The van der Waals surface area contributed by atoms with E-state index in [-0.39, 0.29) is 29.1 Å². The molecule has 1 unspecified atom stereocenters. The molecule has 0 N–H and O–H groups in total. The molecule has 1 atom stereocenters. The summed E-state index contributed by atoms with van der Waals surface area (Å²) < 4.78 is 74.0. The van der Waals surface area contributed by atoms with Crippen molar-refractivity contribution >= 4 is 0 Å². The van der Waals surface area contributed by atoms with E-state index in [1.807, 2.05) is 12.1 Å². The van der Waals surface area contributed by atoms with E-state index in [1.165, 1.54) is 24.3 Å². The molecule has 41 heavy (non-hydrogen) atoms. The molecular formula is C35H36F5N. The summed E-state index contributed by atoms with van der Waals surface area (Å²) >= 11 is 0. The minimum absolute atomic E-state index is 0.120.